The largest absolute Gasteiger partial charge is 0.497 e. The van der Waals surface area contributed by atoms with Crippen molar-refractivity contribution in [2.75, 3.05) is 14.2 Å². The summed E-state index contributed by atoms with van der Waals surface area (Å²) in [5.41, 5.74) is 4.84. The fourth-order valence-electron chi connectivity index (χ4n) is 3.85. The first-order valence-corrected chi connectivity index (χ1v) is 10.1. The maximum atomic E-state index is 5.39. The van der Waals surface area contributed by atoms with Crippen molar-refractivity contribution < 1.29 is 9.47 Å². The third-order valence-corrected chi connectivity index (χ3v) is 5.36. The summed E-state index contributed by atoms with van der Waals surface area (Å²) in [6.07, 6.45) is 0. The van der Waals surface area contributed by atoms with E-state index in [0.717, 1.165) is 11.5 Å². The second-order valence-electron chi connectivity index (χ2n) is 7.13. The molecule has 2 heteroatoms. The van der Waals surface area contributed by atoms with Crippen molar-refractivity contribution in [2.45, 2.75) is 5.92 Å². The molecule has 0 aliphatic rings. The van der Waals surface area contributed by atoms with Crippen LogP contribution in [0.2, 0.25) is 0 Å². The minimum Gasteiger partial charge on any atom is -0.497 e. The summed E-state index contributed by atoms with van der Waals surface area (Å²) in [5.74, 6) is 3.04. The van der Waals surface area contributed by atoms with Gasteiger partial charge in [0.25, 0.3) is 0 Å². The molecule has 2 nitrogen and oxygen atoms in total. The normalized spacial score (nSPS) is 10.9. The molecule has 0 amide bonds. The van der Waals surface area contributed by atoms with E-state index in [4.69, 9.17) is 9.47 Å². The van der Waals surface area contributed by atoms with Gasteiger partial charge in [0.15, 0.2) is 0 Å². The van der Waals surface area contributed by atoms with Gasteiger partial charge in [-0.2, -0.15) is 0 Å². The van der Waals surface area contributed by atoms with E-state index in [1.54, 1.807) is 14.2 Å². The highest BCUT2D eigenvalue weighted by Gasteiger charge is 2.29. The van der Waals surface area contributed by atoms with Crippen molar-refractivity contribution in [2.24, 2.45) is 0 Å². The first-order chi connectivity index (χ1) is 14.8. The molecule has 0 heterocycles. The molecule has 0 atom stereocenters. The fourth-order valence-corrected chi connectivity index (χ4v) is 3.85. The molecule has 0 saturated heterocycles. The molecule has 0 spiro atoms. The van der Waals surface area contributed by atoms with Crippen LogP contribution in [0.3, 0.4) is 0 Å². The Bertz CT molecular complexity index is 952. The van der Waals surface area contributed by atoms with Gasteiger partial charge in [-0.25, -0.2) is 0 Å². The summed E-state index contributed by atoms with van der Waals surface area (Å²) >= 11 is 0. The first kappa shape index (κ1) is 19.8. The predicted molar refractivity (Wildman–Crippen MR) is 122 cm³/mol. The number of methoxy groups -OCH3 is 2. The second-order valence-corrected chi connectivity index (χ2v) is 7.13. The van der Waals surface area contributed by atoms with Crippen LogP contribution in [-0.4, -0.2) is 14.2 Å². The lowest BCUT2D eigenvalue weighted by Gasteiger charge is -2.29. The molecule has 0 aliphatic carbocycles. The Balaban J connectivity index is 1.90. The molecule has 0 bridgehead atoms. The Hall–Kier alpha value is -3.52. The molecule has 4 aromatic rings. The van der Waals surface area contributed by atoms with Gasteiger partial charge in [0.1, 0.15) is 11.5 Å². The van der Waals surface area contributed by atoms with Gasteiger partial charge in [-0.15, -0.1) is 0 Å². The summed E-state index contributed by atoms with van der Waals surface area (Å²) in [6.45, 7) is 0. The summed E-state index contributed by atoms with van der Waals surface area (Å²) in [5, 5.41) is 0. The van der Waals surface area contributed by atoms with Gasteiger partial charge in [-0.05, 0) is 46.5 Å². The lowest BCUT2D eigenvalue weighted by Crippen LogP contribution is -2.15. The molecule has 0 N–H and O–H groups in total. The Morgan fingerprint density at radius 1 is 0.500 bits per heavy atom. The van der Waals surface area contributed by atoms with E-state index in [9.17, 15) is 0 Å². The number of rotatable bonds is 7. The highest BCUT2D eigenvalue weighted by atomic mass is 16.5. The number of ether oxygens (including phenoxy) is 2. The molecule has 0 fully saturated rings. The van der Waals surface area contributed by atoms with Crippen LogP contribution in [0.4, 0.5) is 0 Å². The minimum atomic E-state index is 0.0617. The van der Waals surface area contributed by atoms with Gasteiger partial charge in [0, 0.05) is 11.8 Å². The zero-order chi connectivity index (χ0) is 20.8. The molecule has 30 heavy (non-hydrogen) atoms. The fraction of sp³-hybridized carbons (Fsp3) is 0.107. The average Bonchev–Trinajstić information content (AvgIpc) is 2.84. The standard InChI is InChI=1S/C28H25O2/c1-29-25-17-13-23(14-18-25)28(24-15-19-26(30-2)20-16-24)27(21-9-5-3-6-10-21)22-11-7-4-8-12-22/h3-20,28H,1-2H3. The summed E-state index contributed by atoms with van der Waals surface area (Å²) in [7, 11) is 3.39. The Labute approximate surface area is 178 Å². The van der Waals surface area contributed by atoms with Crippen molar-refractivity contribution in [3.8, 4) is 11.5 Å². The van der Waals surface area contributed by atoms with Crippen LogP contribution < -0.4 is 9.47 Å². The molecule has 4 rings (SSSR count). The van der Waals surface area contributed by atoms with Crippen molar-refractivity contribution in [3.63, 3.8) is 0 Å². The van der Waals surface area contributed by atoms with E-state index < -0.39 is 0 Å². The number of hydrogen-bond donors (Lipinski definition) is 0. The monoisotopic (exact) mass is 393 g/mol. The van der Waals surface area contributed by atoms with Crippen molar-refractivity contribution >= 4 is 0 Å². The van der Waals surface area contributed by atoms with E-state index in [1.165, 1.54) is 28.2 Å². The molecule has 0 aromatic heterocycles. The van der Waals surface area contributed by atoms with Crippen LogP contribution in [0.1, 0.15) is 28.2 Å². The van der Waals surface area contributed by atoms with E-state index in [2.05, 4.69) is 84.9 Å². The SMILES string of the molecule is COc1ccc(C([C](c2ccccc2)c2ccccc2)c2ccc(OC)cc2)cc1. The maximum absolute atomic E-state index is 5.39. The van der Waals surface area contributed by atoms with Crippen molar-refractivity contribution in [1.82, 2.24) is 0 Å². The van der Waals surface area contributed by atoms with E-state index in [0.29, 0.717) is 0 Å². The van der Waals surface area contributed by atoms with Crippen LogP contribution in [0.25, 0.3) is 0 Å². The molecule has 0 saturated carbocycles. The van der Waals surface area contributed by atoms with Crippen LogP contribution in [0.5, 0.6) is 11.5 Å². The Kier molecular flexibility index (Phi) is 6.14. The molecule has 0 unspecified atom stereocenters. The van der Waals surface area contributed by atoms with Crippen LogP contribution in [0.15, 0.2) is 109 Å². The predicted octanol–water partition coefficient (Wildman–Crippen LogP) is 6.51. The Morgan fingerprint density at radius 3 is 1.20 bits per heavy atom. The van der Waals surface area contributed by atoms with Gasteiger partial charge < -0.3 is 9.47 Å². The second kappa shape index (κ2) is 9.32. The zero-order valence-electron chi connectivity index (χ0n) is 17.3. The van der Waals surface area contributed by atoms with Gasteiger partial charge in [-0.1, -0.05) is 84.9 Å². The van der Waals surface area contributed by atoms with E-state index in [1.807, 2.05) is 24.3 Å². The third kappa shape index (κ3) is 4.23. The molecule has 1 radical (unpaired) electrons. The van der Waals surface area contributed by atoms with Crippen LogP contribution in [-0.2, 0) is 0 Å². The lowest BCUT2D eigenvalue weighted by molar-refractivity contribution is 0.414. The third-order valence-electron chi connectivity index (χ3n) is 5.36. The molecular formula is C28H25O2. The molecule has 4 aromatic carbocycles. The van der Waals surface area contributed by atoms with E-state index in [-0.39, 0.29) is 5.92 Å². The lowest BCUT2D eigenvalue weighted by atomic mass is 9.74. The smallest absolute Gasteiger partial charge is 0.118 e. The van der Waals surface area contributed by atoms with Crippen molar-refractivity contribution in [1.29, 1.82) is 0 Å². The topological polar surface area (TPSA) is 18.5 Å². The zero-order valence-corrected chi connectivity index (χ0v) is 17.3. The quantitative estimate of drug-likeness (QED) is 0.356. The summed E-state index contributed by atoms with van der Waals surface area (Å²) < 4.78 is 10.8. The Morgan fingerprint density at radius 2 is 0.867 bits per heavy atom. The molecule has 0 aliphatic heterocycles. The van der Waals surface area contributed by atoms with Gasteiger partial charge in [-0.3, -0.25) is 0 Å². The first-order valence-electron chi connectivity index (χ1n) is 10.1. The highest BCUT2D eigenvalue weighted by Crippen LogP contribution is 2.42. The van der Waals surface area contributed by atoms with Crippen molar-refractivity contribution in [3.05, 3.63) is 137 Å². The number of hydrogen-bond acceptors (Lipinski definition) is 2. The minimum absolute atomic E-state index is 0.0617. The average molecular weight is 394 g/mol. The van der Waals surface area contributed by atoms with Gasteiger partial charge in [0.2, 0.25) is 0 Å². The van der Waals surface area contributed by atoms with Crippen LogP contribution in [0, 0.1) is 5.92 Å². The maximum Gasteiger partial charge on any atom is 0.118 e. The molecule has 149 valence electrons. The number of benzene rings is 4. The van der Waals surface area contributed by atoms with Gasteiger partial charge in [0.05, 0.1) is 14.2 Å². The highest BCUT2D eigenvalue weighted by molar-refractivity contribution is 5.56. The van der Waals surface area contributed by atoms with Crippen LogP contribution >= 0.6 is 0 Å². The summed E-state index contributed by atoms with van der Waals surface area (Å²) in [6, 6.07) is 37.9. The van der Waals surface area contributed by atoms with E-state index >= 15 is 0 Å². The van der Waals surface area contributed by atoms with Gasteiger partial charge >= 0.3 is 0 Å². The summed E-state index contributed by atoms with van der Waals surface area (Å²) in [4.78, 5) is 0. The molecular weight excluding hydrogens is 368 g/mol.